The number of benzene rings is 3. The summed E-state index contributed by atoms with van der Waals surface area (Å²) in [6, 6.07) is 18.5. The maximum atomic E-state index is 13.6. The minimum atomic E-state index is -4.55. The van der Waals surface area contributed by atoms with Gasteiger partial charge >= 0.3 is 6.18 Å². The van der Waals surface area contributed by atoms with Gasteiger partial charge < -0.3 is 16.0 Å². The largest absolute Gasteiger partial charge is 0.416 e. The van der Waals surface area contributed by atoms with Crippen LogP contribution in [-0.2, 0) is 26.4 Å². The molecule has 0 atom stereocenters. The molecular weight excluding hydrogens is 581 g/mol. The lowest BCUT2D eigenvalue weighted by molar-refractivity contribution is -0.138. The molecule has 1 fully saturated rings. The van der Waals surface area contributed by atoms with E-state index < -0.39 is 33.1 Å². The molecule has 1 amide bonds. The van der Waals surface area contributed by atoms with E-state index in [9.17, 15) is 26.4 Å². The Labute approximate surface area is 246 Å². The summed E-state index contributed by atoms with van der Waals surface area (Å²) < 4.78 is 68.7. The van der Waals surface area contributed by atoms with E-state index in [4.69, 9.17) is 0 Å². The first-order valence-electron chi connectivity index (χ1n) is 13.6. The van der Waals surface area contributed by atoms with Gasteiger partial charge in [0.1, 0.15) is 5.82 Å². The monoisotopic (exact) mass is 608 g/mol. The zero-order valence-electron chi connectivity index (χ0n) is 22.7. The van der Waals surface area contributed by atoms with Gasteiger partial charge in [-0.15, -0.1) is 0 Å². The highest BCUT2D eigenvalue weighted by Crippen LogP contribution is 2.52. The molecule has 0 saturated heterocycles. The molecule has 43 heavy (non-hydrogen) atoms. The van der Waals surface area contributed by atoms with Crippen LogP contribution >= 0.6 is 0 Å². The Hall–Kier alpha value is -4.49. The number of halogens is 3. The van der Waals surface area contributed by atoms with E-state index in [1.807, 2.05) is 0 Å². The molecule has 3 aromatic carbocycles. The zero-order valence-corrected chi connectivity index (χ0v) is 23.5. The molecule has 0 unspecified atom stereocenters. The number of fused-ring (bicyclic) bond motifs is 4. The number of amides is 1. The summed E-state index contributed by atoms with van der Waals surface area (Å²) in [6.07, 6.45) is -1.75. The van der Waals surface area contributed by atoms with Crippen molar-refractivity contribution < 1.29 is 26.4 Å². The van der Waals surface area contributed by atoms with Crippen molar-refractivity contribution in [2.45, 2.75) is 35.7 Å². The molecule has 4 aromatic rings. The van der Waals surface area contributed by atoms with Gasteiger partial charge in [-0.1, -0.05) is 36.4 Å². The standard InChI is InChI=1S/C30H27F3N6O3S/c31-30(32,33)25-8-2-1-7-24(25)29(13-14-29)27(40)37-20-11-9-19(10-12-20)23-18-35-28-38-21-5-3-6-22(17-21)43(41,42)36-16-4-15-34-26(23)39-28/h1-3,5-12,17-18,36H,4,13-16H2,(H,37,40)(H2,34,35,38,39). The van der Waals surface area contributed by atoms with E-state index in [1.165, 1.54) is 30.3 Å². The van der Waals surface area contributed by atoms with E-state index in [1.54, 1.807) is 42.6 Å². The Morgan fingerprint density at radius 1 is 0.953 bits per heavy atom. The zero-order chi connectivity index (χ0) is 30.2. The summed E-state index contributed by atoms with van der Waals surface area (Å²) in [7, 11) is -3.67. The number of nitrogens with zero attached hydrogens (tertiary/aromatic N) is 2. The smallest absolute Gasteiger partial charge is 0.369 e. The number of sulfonamides is 1. The van der Waals surface area contributed by atoms with Crippen LogP contribution in [0.15, 0.2) is 83.9 Å². The number of carbonyl (C=O) groups excluding carboxylic acids is 1. The number of nitrogens with one attached hydrogen (secondary N) is 4. The Balaban J connectivity index is 1.23. The lowest BCUT2D eigenvalue weighted by Crippen LogP contribution is -2.30. The van der Waals surface area contributed by atoms with Gasteiger partial charge in [-0.3, -0.25) is 4.79 Å². The van der Waals surface area contributed by atoms with E-state index in [0.717, 1.165) is 11.6 Å². The van der Waals surface area contributed by atoms with Gasteiger partial charge in [0.15, 0.2) is 0 Å². The normalized spacial score (nSPS) is 17.2. The second-order valence-corrected chi connectivity index (χ2v) is 12.2. The minimum Gasteiger partial charge on any atom is -0.369 e. The number of hydrogen-bond acceptors (Lipinski definition) is 7. The summed E-state index contributed by atoms with van der Waals surface area (Å²) in [6.45, 7) is 0.656. The molecule has 222 valence electrons. The van der Waals surface area contributed by atoms with Crippen LogP contribution in [0.25, 0.3) is 11.1 Å². The summed E-state index contributed by atoms with van der Waals surface area (Å²) in [5, 5.41) is 9.08. The average molecular weight is 609 g/mol. The highest BCUT2D eigenvalue weighted by Gasteiger charge is 2.54. The predicted molar refractivity (Wildman–Crippen MR) is 156 cm³/mol. The van der Waals surface area contributed by atoms with Crippen molar-refractivity contribution in [1.82, 2.24) is 14.7 Å². The SMILES string of the molecule is O=C(Nc1ccc(-c2cnc3nc2NCCCNS(=O)(=O)c2cccc(c2)N3)cc1)C1(c2ccccc2C(F)(F)F)CC1. The third-order valence-corrected chi connectivity index (χ3v) is 8.97. The summed E-state index contributed by atoms with van der Waals surface area (Å²) >= 11 is 0. The summed E-state index contributed by atoms with van der Waals surface area (Å²) in [4.78, 5) is 22.4. The predicted octanol–water partition coefficient (Wildman–Crippen LogP) is 5.67. The van der Waals surface area contributed by atoms with Crippen LogP contribution in [0.5, 0.6) is 0 Å². The molecule has 4 bridgehead atoms. The van der Waals surface area contributed by atoms with Crippen LogP contribution in [0.1, 0.15) is 30.4 Å². The van der Waals surface area contributed by atoms with Gasteiger partial charge in [0.05, 0.1) is 15.9 Å². The van der Waals surface area contributed by atoms with Crippen molar-refractivity contribution in [3.8, 4) is 11.1 Å². The molecule has 13 heteroatoms. The van der Waals surface area contributed by atoms with Crippen LogP contribution in [0, 0.1) is 0 Å². The fraction of sp³-hybridized carbons (Fsp3) is 0.233. The van der Waals surface area contributed by atoms with Gasteiger partial charge in [0, 0.05) is 36.2 Å². The molecule has 1 aromatic heterocycles. The molecule has 9 nitrogen and oxygen atoms in total. The first-order chi connectivity index (χ1) is 20.5. The quantitative estimate of drug-likeness (QED) is 0.235. The molecule has 1 aliphatic carbocycles. The number of alkyl halides is 3. The fourth-order valence-corrected chi connectivity index (χ4v) is 6.24. The third-order valence-electron chi connectivity index (χ3n) is 7.51. The topological polar surface area (TPSA) is 125 Å². The van der Waals surface area contributed by atoms with Gasteiger partial charge in [-0.25, -0.2) is 18.1 Å². The number of carbonyl (C=O) groups is 1. The summed E-state index contributed by atoms with van der Waals surface area (Å²) in [5.74, 6) is 0.314. The maximum absolute atomic E-state index is 13.6. The molecule has 4 N–H and O–H groups in total. The van der Waals surface area contributed by atoms with Crippen molar-refractivity contribution in [2.24, 2.45) is 0 Å². The Bertz CT molecular complexity index is 1790. The second-order valence-electron chi connectivity index (χ2n) is 10.4. The Morgan fingerprint density at radius 2 is 1.72 bits per heavy atom. The number of rotatable bonds is 4. The van der Waals surface area contributed by atoms with Crippen LogP contribution in [0.2, 0.25) is 0 Å². The van der Waals surface area contributed by atoms with Gasteiger partial charge in [0.2, 0.25) is 21.9 Å². The van der Waals surface area contributed by atoms with E-state index in [2.05, 4.69) is 30.6 Å². The van der Waals surface area contributed by atoms with Gasteiger partial charge in [-0.05, 0) is 66.8 Å². The van der Waals surface area contributed by atoms with Crippen LogP contribution in [0.4, 0.5) is 36.3 Å². The van der Waals surface area contributed by atoms with E-state index in [0.29, 0.717) is 48.6 Å². The molecule has 1 saturated carbocycles. The fourth-order valence-electron chi connectivity index (χ4n) is 5.12. The number of aromatic nitrogens is 2. The van der Waals surface area contributed by atoms with Gasteiger partial charge in [0.25, 0.3) is 0 Å². The molecule has 6 rings (SSSR count). The van der Waals surface area contributed by atoms with Crippen molar-refractivity contribution >= 4 is 39.1 Å². The highest BCUT2D eigenvalue weighted by molar-refractivity contribution is 7.89. The Morgan fingerprint density at radius 3 is 2.47 bits per heavy atom. The minimum absolute atomic E-state index is 0.00641. The Kier molecular flexibility index (Phi) is 7.30. The van der Waals surface area contributed by atoms with Crippen molar-refractivity contribution in [3.63, 3.8) is 0 Å². The molecule has 0 spiro atoms. The molecular formula is C30H27F3N6O3S. The van der Waals surface area contributed by atoms with Crippen molar-refractivity contribution in [1.29, 1.82) is 0 Å². The lowest BCUT2D eigenvalue weighted by atomic mass is 9.90. The highest BCUT2D eigenvalue weighted by atomic mass is 32.2. The molecule has 2 aliphatic rings. The average Bonchev–Trinajstić information content (AvgIpc) is 3.79. The maximum Gasteiger partial charge on any atom is 0.416 e. The van der Waals surface area contributed by atoms with Gasteiger partial charge in [-0.2, -0.15) is 18.2 Å². The molecule has 2 heterocycles. The van der Waals surface area contributed by atoms with Crippen LogP contribution in [-0.4, -0.2) is 37.4 Å². The van der Waals surface area contributed by atoms with Crippen molar-refractivity contribution in [3.05, 3.63) is 90.1 Å². The summed E-state index contributed by atoms with van der Waals surface area (Å²) in [5.41, 5.74) is 0.355. The first-order valence-corrected chi connectivity index (χ1v) is 15.1. The number of anilines is 4. The molecule has 0 radical (unpaired) electrons. The van der Waals surface area contributed by atoms with E-state index >= 15 is 0 Å². The van der Waals surface area contributed by atoms with Crippen LogP contribution in [0.3, 0.4) is 0 Å². The number of hydrogen-bond donors (Lipinski definition) is 4. The third kappa shape index (κ3) is 5.90. The first kappa shape index (κ1) is 28.6. The van der Waals surface area contributed by atoms with E-state index in [-0.39, 0.29) is 23.0 Å². The van der Waals surface area contributed by atoms with Crippen LogP contribution < -0.4 is 20.7 Å². The lowest BCUT2D eigenvalue weighted by Gasteiger charge is -2.21. The second kappa shape index (κ2) is 11.0. The van der Waals surface area contributed by atoms with Crippen molar-refractivity contribution in [2.75, 3.05) is 29.0 Å². The molecule has 1 aliphatic heterocycles.